The standard InChI is InChI=1S/C9H9N3O2/c1-14-9(13)5-2-3-7(11)8(12)6(5)4-10/h2-3H,11-12H2,1H3. The summed E-state index contributed by atoms with van der Waals surface area (Å²) in [5.41, 5.74) is 11.6. The first kappa shape index (κ1) is 9.86. The molecule has 5 heteroatoms. The van der Waals surface area contributed by atoms with Crippen LogP contribution in [-0.4, -0.2) is 13.1 Å². The number of carbonyl (C=O) groups excluding carboxylic acids is 1. The molecule has 0 amide bonds. The fourth-order valence-corrected chi connectivity index (χ4v) is 1.04. The van der Waals surface area contributed by atoms with E-state index in [2.05, 4.69) is 4.74 Å². The van der Waals surface area contributed by atoms with Crippen molar-refractivity contribution in [2.24, 2.45) is 0 Å². The number of nitriles is 1. The highest BCUT2D eigenvalue weighted by Crippen LogP contribution is 2.23. The summed E-state index contributed by atoms with van der Waals surface area (Å²) in [5, 5.41) is 8.77. The SMILES string of the molecule is COC(=O)c1ccc(N)c(N)c1C#N. The van der Waals surface area contributed by atoms with Crippen LogP contribution in [0.15, 0.2) is 12.1 Å². The lowest BCUT2D eigenvalue weighted by molar-refractivity contribution is 0.0600. The lowest BCUT2D eigenvalue weighted by Gasteiger charge is -2.06. The summed E-state index contributed by atoms with van der Waals surface area (Å²) in [4.78, 5) is 11.2. The smallest absolute Gasteiger partial charge is 0.339 e. The molecule has 0 aromatic heterocycles. The molecule has 0 unspecified atom stereocenters. The molecule has 0 aliphatic rings. The van der Waals surface area contributed by atoms with Gasteiger partial charge >= 0.3 is 5.97 Å². The van der Waals surface area contributed by atoms with Gasteiger partial charge in [-0.3, -0.25) is 0 Å². The van der Waals surface area contributed by atoms with Crippen molar-refractivity contribution in [3.05, 3.63) is 23.3 Å². The molecule has 0 atom stereocenters. The minimum absolute atomic E-state index is 0.0526. The van der Waals surface area contributed by atoms with Crippen LogP contribution in [0.4, 0.5) is 11.4 Å². The van der Waals surface area contributed by atoms with Gasteiger partial charge in [-0.05, 0) is 12.1 Å². The van der Waals surface area contributed by atoms with E-state index in [1.165, 1.54) is 19.2 Å². The number of rotatable bonds is 1. The van der Waals surface area contributed by atoms with Gasteiger partial charge in [0.25, 0.3) is 0 Å². The van der Waals surface area contributed by atoms with Gasteiger partial charge in [0.2, 0.25) is 0 Å². The molecule has 0 aliphatic heterocycles. The first-order valence-corrected chi connectivity index (χ1v) is 3.78. The monoisotopic (exact) mass is 191 g/mol. The molecule has 0 saturated heterocycles. The van der Waals surface area contributed by atoms with Gasteiger partial charge in [-0.25, -0.2) is 4.79 Å². The van der Waals surface area contributed by atoms with Crippen molar-refractivity contribution in [2.45, 2.75) is 0 Å². The molecule has 1 rings (SSSR count). The van der Waals surface area contributed by atoms with Crippen molar-refractivity contribution in [1.29, 1.82) is 5.26 Å². The van der Waals surface area contributed by atoms with Gasteiger partial charge in [0.05, 0.1) is 29.6 Å². The van der Waals surface area contributed by atoms with Gasteiger partial charge in [-0.15, -0.1) is 0 Å². The summed E-state index contributed by atoms with van der Waals surface area (Å²) in [6.07, 6.45) is 0. The Morgan fingerprint density at radius 1 is 1.50 bits per heavy atom. The van der Waals surface area contributed by atoms with Gasteiger partial charge in [-0.2, -0.15) is 5.26 Å². The predicted octanol–water partition coefficient (Wildman–Crippen LogP) is 0.509. The number of benzene rings is 1. The first-order valence-electron chi connectivity index (χ1n) is 3.78. The van der Waals surface area contributed by atoms with Crippen LogP contribution < -0.4 is 11.5 Å². The Morgan fingerprint density at radius 2 is 2.14 bits per heavy atom. The average molecular weight is 191 g/mol. The molecule has 5 nitrogen and oxygen atoms in total. The van der Waals surface area contributed by atoms with Crippen LogP contribution in [0.25, 0.3) is 0 Å². The van der Waals surface area contributed by atoms with Crippen molar-refractivity contribution < 1.29 is 9.53 Å². The van der Waals surface area contributed by atoms with E-state index in [9.17, 15) is 4.79 Å². The number of hydrogen-bond acceptors (Lipinski definition) is 5. The molecule has 1 aromatic carbocycles. The highest BCUT2D eigenvalue weighted by molar-refractivity contribution is 5.95. The molecule has 0 fully saturated rings. The summed E-state index contributed by atoms with van der Waals surface area (Å²) in [6.45, 7) is 0. The van der Waals surface area contributed by atoms with Crippen molar-refractivity contribution in [3.63, 3.8) is 0 Å². The zero-order chi connectivity index (χ0) is 10.7. The second kappa shape index (κ2) is 3.66. The van der Waals surface area contributed by atoms with E-state index in [-0.39, 0.29) is 22.5 Å². The van der Waals surface area contributed by atoms with Crippen molar-refractivity contribution in [3.8, 4) is 6.07 Å². The number of methoxy groups -OCH3 is 1. The second-order valence-electron chi connectivity index (χ2n) is 2.59. The van der Waals surface area contributed by atoms with E-state index < -0.39 is 5.97 Å². The van der Waals surface area contributed by atoms with E-state index in [4.69, 9.17) is 16.7 Å². The van der Waals surface area contributed by atoms with Crippen LogP contribution in [0.5, 0.6) is 0 Å². The molecule has 0 saturated carbocycles. The highest BCUT2D eigenvalue weighted by atomic mass is 16.5. The zero-order valence-corrected chi connectivity index (χ0v) is 7.57. The Bertz CT molecular complexity index is 421. The van der Waals surface area contributed by atoms with Gasteiger partial charge in [0.1, 0.15) is 6.07 Å². The summed E-state index contributed by atoms with van der Waals surface area (Å²) in [6, 6.07) is 4.69. The number of hydrogen-bond donors (Lipinski definition) is 2. The Balaban J connectivity index is 3.40. The zero-order valence-electron chi connectivity index (χ0n) is 7.57. The van der Waals surface area contributed by atoms with E-state index >= 15 is 0 Å². The van der Waals surface area contributed by atoms with Crippen LogP contribution >= 0.6 is 0 Å². The van der Waals surface area contributed by atoms with E-state index in [1.807, 2.05) is 6.07 Å². The minimum atomic E-state index is -0.603. The third-order valence-electron chi connectivity index (χ3n) is 1.80. The van der Waals surface area contributed by atoms with Gasteiger partial charge < -0.3 is 16.2 Å². The van der Waals surface area contributed by atoms with E-state index in [0.29, 0.717) is 0 Å². The topological polar surface area (TPSA) is 102 Å². The molecule has 0 radical (unpaired) electrons. The van der Waals surface area contributed by atoms with Gasteiger partial charge in [0.15, 0.2) is 0 Å². The van der Waals surface area contributed by atoms with E-state index in [1.54, 1.807) is 0 Å². The third-order valence-corrected chi connectivity index (χ3v) is 1.80. The van der Waals surface area contributed by atoms with Crippen molar-refractivity contribution in [2.75, 3.05) is 18.6 Å². The van der Waals surface area contributed by atoms with Crippen LogP contribution in [-0.2, 0) is 4.74 Å². The maximum absolute atomic E-state index is 11.2. The highest BCUT2D eigenvalue weighted by Gasteiger charge is 2.15. The summed E-state index contributed by atoms with van der Waals surface area (Å²) >= 11 is 0. The van der Waals surface area contributed by atoms with Crippen LogP contribution in [0, 0.1) is 11.3 Å². The minimum Gasteiger partial charge on any atom is -0.465 e. The molecule has 0 bridgehead atoms. The molecule has 0 aliphatic carbocycles. The van der Waals surface area contributed by atoms with Crippen LogP contribution in [0.2, 0.25) is 0 Å². The fourth-order valence-electron chi connectivity index (χ4n) is 1.04. The Hall–Kier alpha value is -2.22. The largest absolute Gasteiger partial charge is 0.465 e. The average Bonchev–Trinajstić information content (AvgIpc) is 2.20. The molecule has 4 N–H and O–H groups in total. The number of nitrogen functional groups attached to an aromatic ring is 2. The van der Waals surface area contributed by atoms with Crippen LogP contribution in [0.3, 0.4) is 0 Å². The van der Waals surface area contributed by atoms with Gasteiger partial charge in [-0.1, -0.05) is 0 Å². The van der Waals surface area contributed by atoms with Crippen LogP contribution in [0.1, 0.15) is 15.9 Å². The normalized spacial score (nSPS) is 9.14. The van der Waals surface area contributed by atoms with E-state index in [0.717, 1.165) is 0 Å². The second-order valence-corrected chi connectivity index (χ2v) is 2.59. The maximum atomic E-state index is 11.2. The molecular formula is C9H9N3O2. The lowest BCUT2D eigenvalue weighted by atomic mass is 10.1. The third kappa shape index (κ3) is 1.45. The molecule has 72 valence electrons. The van der Waals surface area contributed by atoms with Crippen molar-refractivity contribution in [1.82, 2.24) is 0 Å². The molecular weight excluding hydrogens is 182 g/mol. The predicted molar refractivity (Wildman–Crippen MR) is 51.3 cm³/mol. The first-order chi connectivity index (χ1) is 6.61. The quantitative estimate of drug-likeness (QED) is 0.497. The Labute approximate surface area is 80.9 Å². The number of ether oxygens (including phenoxy) is 1. The summed E-state index contributed by atoms with van der Waals surface area (Å²) < 4.78 is 4.49. The number of carbonyl (C=O) groups is 1. The fraction of sp³-hybridized carbons (Fsp3) is 0.111. The summed E-state index contributed by atoms with van der Waals surface area (Å²) in [5.74, 6) is -0.603. The number of esters is 1. The van der Waals surface area contributed by atoms with Crippen molar-refractivity contribution >= 4 is 17.3 Å². The lowest BCUT2D eigenvalue weighted by Crippen LogP contribution is -2.08. The number of nitrogens with zero attached hydrogens (tertiary/aromatic N) is 1. The Kier molecular flexibility index (Phi) is 2.58. The molecule has 0 spiro atoms. The molecule has 0 heterocycles. The number of anilines is 2. The maximum Gasteiger partial charge on any atom is 0.339 e. The summed E-state index contributed by atoms with van der Waals surface area (Å²) in [7, 11) is 1.23. The molecule has 1 aromatic rings. The van der Waals surface area contributed by atoms with Gasteiger partial charge in [0, 0.05) is 0 Å². The molecule has 14 heavy (non-hydrogen) atoms. The Morgan fingerprint density at radius 3 is 2.64 bits per heavy atom. The number of nitrogens with two attached hydrogens (primary N) is 2.